The predicted molar refractivity (Wildman–Crippen MR) is 48.0 cm³/mol. The van der Waals surface area contributed by atoms with Gasteiger partial charge in [-0.2, -0.15) is 0 Å². The Bertz CT molecular complexity index is 195. The average Bonchev–Trinajstić information content (AvgIpc) is 2.47. The molecule has 1 aliphatic rings. The molecule has 0 spiro atoms. The topological polar surface area (TPSA) is 72.5 Å². The number of aliphatic hydroxyl groups is 1. The Kier molecular flexibility index (Phi) is 3.27. The van der Waals surface area contributed by atoms with Gasteiger partial charge in [-0.1, -0.05) is 0 Å². The summed E-state index contributed by atoms with van der Waals surface area (Å²) >= 11 is 0. The van der Waals surface area contributed by atoms with Crippen LogP contribution in [0.3, 0.4) is 0 Å². The number of nitrogens with two attached hydrogens (primary N) is 1. The van der Waals surface area contributed by atoms with Gasteiger partial charge in [0.25, 0.3) is 0 Å². The molecule has 2 atom stereocenters. The van der Waals surface area contributed by atoms with Crippen LogP contribution in [0.25, 0.3) is 0 Å². The summed E-state index contributed by atoms with van der Waals surface area (Å²) < 4.78 is 4.52. The molecule has 4 nitrogen and oxygen atoms in total. The maximum atomic E-state index is 11.0. The van der Waals surface area contributed by atoms with E-state index in [2.05, 4.69) is 4.74 Å². The normalized spacial score (nSPS) is 33.3. The van der Waals surface area contributed by atoms with Crippen LogP contribution in [0.4, 0.5) is 0 Å². The molecule has 0 amide bonds. The maximum absolute atomic E-state index is 11.0. The van der Waals surface area contributed by atoms with Gasteiger partial charge in [0.2, 0.25) is 0 Å². The molecule has 76 valence electrons. The highest BCUT2D eigenvalue weighted by molar-refractivity contribution is 5.70. The number of rotatable bonds is 3. The van der Waals surface area contributed by atoms with E-state index in [0.717, 1.165) is 6.42 Å². The van der Waals surface area contributed by atoms with Gasteiger partial charge < -0.3 is 15.6 Å². The second-order valence-corrected chi connectivity index (χ2v) is 3.82. The van der Waals surface area contributed by atoms with Crippen LogP contribution in [0.2, 0.25) is 0 Å². The van der Waals surface area contributed by atoms with Crippen molar-refractivity contribution in [3.63, 3.8) is 0 Å². The van der Waals surface area contributed by atoms with Crippen molar-refractivity contribution in [1.82, 2.24) is 0 Å². The Morgan fingerprint density at radius 1 is 1.77 bits per heavy atom. The van der Waals surface area contributed by atoms with Gasteiger partial charge in [-0.25, -0.2) is 0 Å². The summed E-state index contributed by atoms with van der Waals surface area (Å²) in [6.45, 7) is 0.587. The van der Waals surface area contributed by atoms with E-state index >= 15 is 0 Å². The highest BCUT2D eigenvalue weighted by Crippen LogP contribution is 2.36. The fraction of sp³-hybridized carbons (Fsp3) is 0.889. The van der Waals surface area contributed by atoms with Crippen LogP contribution in [0.15, 0.2) is 0 Å². The molecule has 4 heteroatoms. The van der Waals surface area contributed by atoms with Crippen LogP contribution < -0.4 is 5.73 Å². The third-order valence-corrected chi connectivity index (χ3v) is 2.72. The number of esters is 1. The summed E-state index contributed by atoms with van der Waals surface area (Å²) in [5.74, 6) is 0.00910. The molecule has 0 aliphatic heterocycles. The van der Waals surface area contributed by atoms with Gasteiger partial charge >= 0.3 is 5.97 Å². The largest absolute Gasteiger partial charge is 0.469 e. The predicted octanol–water partition coefficient (Wildman–Crippen LogP) is 0.0394. The number of hydrogen-bond donors (Lipinski definition) is 2. The minimum Gasteiger partial charge on any atom is -0.469 e. The SMILES string of the molecule is COC(=O)CC1(O)CCC(CN)C1. The van der Waals surface area contributed by atoms with Gasteiger partial charge in [0, 0.05) is 0 Å². The van der Waals surface area contributed by atoms with E-state index in [9.17, 15) is 9.90 Å². The van der Waals surface area contributed by atoms with Gasteiger partial charge in [-0.05, 0) is 31.7 Å². The zero-order chi connectivity index (χ0) is 9.90. The van der Waals surface area contributed by atoms with Crippen molar-refractivity contribution in [3.8, 4) is 0 Å². The Hall–Kier alpha value is -0.610. The standard InChI is InChI=1S/C9H17NO3/c1-13-8(11)5-9(12)3-2-7(4-9)6-10/h7,12H,2-6,10H2,1H3. The summed E-state index contributed by atoms with van der Waals surface area (Å²) in [4.78, 5) is 11.0. The van der Waals surface area contributed by atoms with Crippen molar-refractivity contribution in [2.24, 2.45) is 11.7 Å². The fourth-order valence-corrected chi connectivity index (χ4v) is 1.92. The summed E-state index contributed by atoms with van der Waals surface area (Å²) in [5.41, 5.74) is 4.63. The van der Waals surface area contributed by atoms with E-state index < -0.39 is 5.60 Å². The molecule has 13 heavy (non-hydrogen) atoms. The Morgan fingerprint density at radius 2 is 2.46 bits per heavy atom. The van der Waals surface area contributed by atoms with Crippen LogP contribution in [0.5, 0.6) is 0 Å². The third-order valence-electron chi connectivity index (χ3n) is 2.72. The van der Waals surface area contributed by atoms with Crippen LogP contribution in [0.1, 0.15) is 25.7 Å². The van der Waals surface area contributed by atoms with Gasteiger partial charge in [-0.3, -0.25) is 4.79 Å². The first-order chi connectivity index (χ1) is 6.09. The molecule has 1 fully saturated rings. The molecule has 0 aromatic heterocycles. The second-order valence-electron chi connectivity index (χ2n) is 3.82. The summed E-state index contributed by atoms with van der Waals surface area (Å²) in [7, 11) is 1.33. The van der Waals surface area contributed by atoms with Crippen LogP contribution in [-0.4, -0.2) is 30.3 Å². The minimum atomic E-state index is -0.864. The zero-order valence-electron chi connectivity index (χ0n) is 7.95. The highest BCUT2D eigenvalue weighted by Gasteiger charge is 2.38. The summed E-state index contributed by atoms with van der Waals surface area (Å²) in [5, 5.41) is 9.94. The van der Waals surface area contributed by atoms with Crippen molar-refractivity contribution in [1.29, 1.82) is 0 Å². The van der Waals surface area contributed by atoms with Crippen molar-refractivity contribution in [2.75, 3.05) is 13.7 Å². The molecule has 2 unspecified atom stereocenters. The lowest BCUT2D eigenvalue weighted by atomic mass is 9.96. The molecule has 3 N–H and O–H groups in total. The van der Waals surface area contributed by atoms with E-state index in [1.54, 1.807) is 0 Å². The number of carbonyl (C=O) groups is 1. The minimum absolute atomic E-state index is 0.0972. The molecule has 0 aromatic carbocycles. The molecule has 0 saturated heterocycles. The van der Waals surface area contributed by atoms with Crippen molar-refractivity contribution >= 4 is 5.97 Å². The van der Waals surface area contributed by atoms with Crippen molar-refractivity contribution < 1.29 is 14.6 Å². The zero-order valence-corrected chi connectivity index (χ0v) is 7.95. The van der Waals surface area contributed by atoms with E-state index in [-0.39, 0.29) is 12.4 Å². The van der Waals surface area contributed by atoms with Crippen LogP contribution in [0, 0.1) is 5.92 Å². The number of methoxy groups -OCH3 is 1. The van der Waals surface area contributed by atoms with Gasteiger partial charge in [0.05, 0.1) is 19.1 Å². The van der Waals surface area contributed by atoms with Crippen molar-refractivity contribution in [2.45, 2.75) is 31.3 Å². The first-order valence-electron chi connectivity index (χ1n) is 4.59. The summed E-state index contributed by atoms with van der Waals surface area (Å²) in [6.07, 6.45) is 2.28. The van der Waals surface area contributed by atoms with E-state index in [1.807, 2.05) is 0 Å². The number of carbonyl (C=O) groups excluding carboxylic acids is 1. The fourth-order valence-electron chi connectivity index (χ4n) is 1.92. The average molecular weight is 187 g/mol. The number of hydrogen-bond acceptors (Lipinski definition) is 4. The molecule has 0 bridgehead atoms. The van der Waals surface area contributed by atoms with Gasteiger partial charge in [0.1, 0.15) is 0 Å². The first-order valence-corrected chi connectivity index (χ1v) is 4.59. The second kappa shape index (κ2) is 4.07. The van der Waals surface area contributed by atoms with E-state index in [4.69, 9.17) is 5.73 Å². The molecule has 0 aromatic rings. The molecule has 1 rings (SSSR count). The van der Waals surface area contributed by atoms with Crippen LogP contribution in [-0.2, 0) is 9.53 Å². The molecule has 0 radical (unpaired) electrons. The monoisotopic (exact) mass is 187 g/mol. The molecule has 0 heterocycles. The Balaban J connectivity index is 2.44. The third kappa shape index (κ3) is 2.67. The quantitative estimate of drug-likeness (QED) is 0.612. The van der Waals surface area contributed by atoms with Crippen molar-refractivity contribution in [3.05, 3.63) is 0 Å². The molecule has 1 aliphatic carbocycles. The van der Waals surface area contributed by atoms with Gasteiger partial charge in [0.15, 0.2) is 0 Å². The van der Waals surface area contributed by atoms with E-state index in [1.165, 1.54) is 7.11 Å². The van der Waals surface area contributed by atoms with Crippen LogP contribution >= 0.6 is 0 Å². The first kappa shape index (κ1) is 10.5. The van der Waals surface area contributed by atoms with E-state index in [0.29, 0.717) is 25.3 Å². The smallest absolute Gasteiger partial charge is 0.308 e. The Labute approximate surface area is 78.1 Å². The van der Waals surface area contributed by atoms with Gasteiger partial charge in [-0.15, -0.1) is 0 Å². The molecular formula is C9H17NO3. The highest BCUT2D eigenvalue weighted by atomic mass is 16.5. The Morgan fingerprint density at radius 3 is 2.92 bits per heavy atom. The maximum Gasteiger partial charge on any atom is 0.308 e. The molecular weight excluding hydrogens is 170 g/mol. The lowest BCUT2D eigenvalue weighted by molar-refractivity contribution is -0.146. The lowest BCUT2D eigenvalue weighted by Crippen LogP contribution is -2.29. The number of ether oxygens (including phenoxy) is 1. The summed E-state index contributed by atoms with van der Waals surface area (Å²) in [6, 6.07) is 0. The molecule has 1 saturated carbocycles. The lowest BCUT2D eigenvalue weighted by Gasteiger charge is -2.20.